The summed E-state index contributed by atoms with van der Waals surface area (Å²) in [5.41, 5.74) is 0. The molecule has 134 valence electrons. The monoisotopic (exact) mass is 340 g/mol. The van der Waals surface area contributed by atoms with Crippen molar-refractivity contribution in [2.75, 3.05) is 13.7 Å². The van der Waals surface area contributed by atoms with E-state index in [2.05, 4.69) is 0 Å². The smallest absolute Gasteiger partial charge is 0.335 e. The summed E-state index contributed by atoms with van der Waals surface area (Å²) in [6.45, 7) is -0.866. The van der Waals surface area contributed by atoms with Crippen molar-refractivity contribution in [3.8, 4) is 0 Å². The summed E-state index contributed by atoms with van der Waals surface area (Å²) in [6.07, 6.45) is -13.6. The summed E-state index contributed by atoms with van der Waals surface area (Å²) in [4.78, 5) is 22.1. The van der Waals surface area contributed by atoms with Gasteiger partial charge in [0.15, 0.2) is 18.7 Å². The van der Waals surface area contributed by atoms with Crippen LogP contribution in [0, 0.1) is 0 Å². The molecule has 0 radical (unpaired) electrons. The molecule has 0 aromatic heterocycles. The number of carbonyl (C=O) groups is 2. The van der Waals surface area contributed by atoms with Gasteiger partial charge in [0.2, 0.25) is 0 Å². The minimum atomic E-state index is -1.85. The molecule has 1 heterocycles. The van der Waals surface area contributed by atoms with Crippen molar-refractivity contribution in [3.63, 3.8) is 0 Å². The zero-order valence-electron chi connectivity index (χ0n) is 12.1. The Morgan fingerprint density at radius 2 is 1.91 bits per heavy atom. The Labute approximate surface area is 130 Å². The van der Waals surface area contributed by atoms with E-state index in [0.717, 1.165) is 7.11 Å². The first-order chi connectivity index (χ1) is 10.8. The molecule has 6 N–H and O–H groups in total. The number of methoxy groups -OCH3 is 1. The summed E-state index contributed by atoms with van der Waals surface area (Å²) in [7, 11) is 1.11. The van der Waals surface area contributed by atoms with Gasteiger partial charge in [-0.3, -0.25) is 0 Å². The van der Waals surface area contributed by atoms with Gasteiger partial charge in [0.05, 0.1) is 6.61 Å². The molecular weight excluding hydrogens is 320 g/mol. The van der Waals surface area contributed by atoms with Crippen LogP contribution in [0.3, 0.4) is 0 Å². The van der Waals surface area contributed by atoms with E-state index in [-0.39, 0.29) is 6.29 Å². The van der Waals surface area contributed by atoms with E-state index in [4.69, 9.17) is 24.4 Å². The maximum Gasteiger partial charge on any atom is 0.335 e. The Bertz CT molecular complexity index is 402. The molecule has 8 unspecified atom stereocenters. The first kappa shape index (κ1) is 19.9. The molecule has 0 bridgehead atoms. The number of aldehydes is 1. The quantitative estimate of drug-likeness (QED) is 0.236. The van der Waals surface area contributed by atoms with Crippen LogP contribution in [0.25, 0.3) is 0 Å². The van der Waals surface area contributed by atoms with Crippen LogP contribution in [0.4, 0.5) is 0 Å². The predicted molar refractivity (Wildman–Crippen MR) is 69.1 cm³/mol. The van der Waals surface area contributed by atoms with E-state index in [9.17, 15) is 30.0 Å². The molecular formula is C12H20O11. The SMILES string of the molecule is COC1C(C(=O)O)OC(OC(C=O)C(O)C(O)CO)C(O)C1O. The molecule has 1 aliphatic rings. The number of carboxylic acid groups (broad SMARTS) is 1. The Kier molecular flexibility index (Phi) is 7.44. The van der Waals surface area contributed by atoms with Crippen LogP contribution >= 0.6 is 0 Å². The van der Waals surface area contributed by atoms with Crippen molar-refractivity contribution >= 4 is 12.3 Å². The van der Waals surface area contributed by atoms with Gasteiger partial charge >= 0.3 is 5.97 Å². The van der Waals surface area contributed by atoms with E-state index in [1.54, 1.807) is 0 Å². The molecule has 0 saturated carbocycles. The first-order valence-corrected chi connectivity index (χ1v) is 6.63. The molecule has 0 aromatic rings. The van der Waals surface area contributed by atoms with Crippen molar-refractivity contribution in [3.05, 3.63) is 0 Å². The zero-order chi connectivity index (χ0) is 17.7. The van der Waals surface area contributed by atoms with Crippen LogP contribution in [-0.4, -0.2) is 106 Å². The number of aliphatic carboxylic acids is 1. The Hall–Kier alpha value is -1.18. The lowest BCUT2D eigenvalue weighted by Crippen LogP contribution is -2.62. The van der Waals surface area contributed by atoms with Crippen molar-refractivity contribution in [1.29, 1.82) is 0 Å². The summed E-state index contributed by atoms with van der Waals surface area (Å²) in [5, 5.41) is 56.4. The number of carbonyl (C=O) groups excluding carboxylic acids is 1. The summed E-state index contributed by atoms with van der Waals surface area (Å²) >= 11 is 0. The predicted octanol–water partition coefficient (Wildman–Crippen LogP) is -4.17. The maximum atomic E-state index is 11.1. The molecule has 1 fully saturated rings. The highest BCUT2D eigenvalue weighted by Gasteiger charge is 2.49. The molecule has 23 heavy (non-hydrogen) atoms. The standard InChI is InChI=1S/C12H20O11/c1-21-9-7(17)8(18)12(23-10(9)11(19)20)22-5(3-14)6(16)4(15)2-13/h3-10,12-13,15-18H,2H2,1H3,(H,19,20). The van der Waals surface area contributed by atoms with Crippen molar-refractivity contribution in [1.82, 2.24) is 0 Å². The fraction of sp³-hybridized carbons (Fsp3) is 0.833. The number of carboxylic acids is 1. The number of aliphatic hydroxyl groups is 5. The van der Waals surface area contributed by atoms with Crippen LogP contribution < -0.4 is 0 Å². The summed E-state index contributed by atoms with van der Waals surface area (Å²) in [6, 6.07) is 0. The highest BCUT2D eigenvalue weighted by Crippen LogP contribution is 2.25. The average Bonchev–Trinajstić information content (AvgIpc) is 2.54. The lowest BCUT2D eigenvalue weighted by atomic mass is 9.98. The Morgan fingerprint density at radius 3 is 2.35 bits per heavy atom. The summed E-state index contributed by atoms with van der Waals surface area (Å²) < 4.78 is 14.7. The number of rotatable bonds is 8. The molecule has 1 aliphatic heterocycles. The second-order valence-corrected chi connectivity index (χ2v) is 4.92. The largest absolute Gasteiger partial charge is 0.479 e. The van der Waals surface area contributed by atoms with E-state index in [0.29, 0.717) is 0 Å². The highest BCUT2D eigenvalue weighted by molar-refractivity contribution is 5.73. The minimum absolute atomic E-state index is 0.0736. The van der Waals surface area contributed by atoms with E-state index in [1.165, 1.54) is 0 Å². The fourth-order valence-corrected chi connectivity index (χ4v) is 2.09. The lowest BCUT2D eigenvalue weighted by molar-refractivity contribution is -0.310. The average molecular weight is 340 g/mol. The number of hydrogen-bond acceptors (Lipinski definition) is 10. The van der Waals surface area contributed by atoms with Gasteiger partial charge < -0.3 is 49.6 Å². The van der Waals surface area contributed by atoms with Gasteiger partial charge in [0, 0.05) is 7.11 Å². The van der Waals surface area contributed by atoms with Crippen molar-refractivity contribution < 1.29 is 54.4 Å². The minimum Gasteiger partial charge on any atom is -0.479 e. The normalized spacial score (nSPS) is 35.3. The summed E-state index contributed by atoms with van der Waals surface area (Å²) in [5.74, 6) is -1.50. The molecule has 0 aliphatic carbocycles. The van der Waals surface area contributed by atoms with Gasteiger partial charge in [-0.2, -0.15) is 0 Å². The number of hydrogen-bond donors (Lipinski definition) is 6. The van der Waals surface area contributed by atoms with Crippen LogP contribution in [0.15, 0.2) is 0 Å². The fourth-order valence-electron chi connectivity index (χ4n) is 2.09. The van der Waals surface area contributed by atoms with Crippen molar-refractivity contribution in [2.24, 2.45) is 0 Å². The van der Waals surface area contributed by atoms with Gasteiger partial charge in [-0.25, -0.2) is 4.79 Å². The first-order valence-electron chi connectivity index (χ1n) is 6.63. The van der Waals surface area contributed by atoms with Gasteiger partial charge in [-0.05, 0) is 0 Å². The third-order valence-corrected chi connectivity index (χ3v) is 3.40. The third kappa shape index (κ3) is 4.43. The zero-order valence-corrected chi connectivity index (χ0v) is 12.1. The van der Waals surface area contributed by atoms with Gasteiger partial charge in [-0.1, -0.05) is 0 Å². The molecule has 0 aromatic carbocycles. The van der Waals surface area contributed by atoms with Crippen LogP contribution in [-0.2, 0) is 23.8 Å². The van der Waals surface area contributed by atoms with E-state index < -0.39 is 61.6 Å². The van der Waals surface area contributed by atoms with Crippen LogP contribution in [0.1, 0.15) is 0 Å². The second kappa shape index (κ2) is 8.61. The molecule has 1 rings (SSSR count). The van der Waals surface area contributed by atoms with E-state index in [1.807, 2.05) is 0 Å². The van der Waals surface area contributed by atoms with Gasteiger partial charge in [0.1, 0.15) is 36.6 Å². The Morgan fingerprint density at radius 1 is 1.30 bits per heavy atom. The molecule has 11 heteroatoms. The molecule has 8 atom stereocenters. The van der Waals surface area contributed by atoms with Crippen molar-refractivity contribution in [2.45, 2.75) is 49.0 Å². The number of ether oxygens (including phenoxy) is 3. The van der Waals surface area contributed by atoms with Gasteiger partial charge in [0.25, 0.3) is 0 Å². The Balaban J connectivity index is 2.89. The second-order valence-electron chi connectivity index (χ2n) is 4.92. The molecule has 11 nitrogen and oxygen atoms in total. The lowest BCUT2D eigenvalue weighted by Gasteiger charge is -2.41. The molecule has 0 spiro atoms. The highest BCUT2D eigenvalue weighted by atomic mass is 16.7. The van der Waals surface area contributed by atoms with Gasteiger partial charge in [-0.15, -0.1) is 0 Å². The van der Waals surface area contributed by atoms with Crippen LogP contribution in [0.5, 0.6) is 0 Å². The maximum absolute atomic E-state index is 11.1. The number of aliphatic hydroxyl groups excluding tert-OH is 5. The third-order valence-electron chi connectivity index (χ3n) is 3.40. The van der Waals surface area contributed by atoms with E-state index >= 15 is 0 Å². The molecule has 1 saturated heterocycles. The van der Waals surface area contributed by atoms with Crippen LogP contribution in [0.2, 0.25) is 0 Å². The molecule has 0 amide bonds. The topological polar surface area (TPSA) is 183 Å².